The standard InChI is InChI=1S/C15H19F2N3O/c1-11-5-3-4-6-13(11)20-14(15(16)17)12(10-19-20)9-18-7-8-21-2/h3-6,10,15,18H,7-9H2,1-2H3. The number of methoxy groups -OCH3 is 1. The van der Waals surface area contributed by atoms with Crippen LogP contribution in [0.25, 0.3) is 5.69 Å². The Kier molecular flexibility index (Phi) is 5.41. The Bertz CT molecular complexity index is 584. The van der Waals surface area contributed by atoms with Gasteiger partial charge < -0.3 is 10.1 Å². The third-order valence-electron chi connectivity index (χ3n) is 3.23. The predicted molar refractivity (Wildman–Crippen MR) is 76.8 cm³/mol. The maximum absolute atomic E-state index is 13.4. The third kappa shape index (κ3) is 3.65. The molecule has 4 nitrogen and oxygen atoms in total. The molecule has 2 aromatic rings. The summed E-state index contributed by atoms with van der Waals surface area (Å²) in [4.78, 5) is 0. The van der Waals surface area contributed by atoms with Crippen LogP contribution < -0.4 is 5.32 Å². The number of benzene rings is 1. The van der Waals surface area contributed by atoms with Gasteiger partial charge in [0.1, 0.15) is 5.69 Å². The van der Waals surface area contributed by atoms with Crippen molar-refractivity contribution in [1.82, 2.24) is 15.1 Å². The van der Waals surface area contributed by atoms with E-state index in [4.69, 9.17) is 4.74 Å². The molecule has 0 unspecified atom stereocenters. The molecule has 0 radical (unpaired) electrons. The first-order chi connectivity index (χ1) is 10.1. The Hall–Kier alpha value is -1.79. The van der Waals surface area contributed by atoms with Gasteiger partial charge in [-0.05, 0) is 18.6 Å². The zero-order valence-electron chi connectivity index (χ0n) is 12.1. The average Bonchev–Trinajstić information content (AvgIpc) is 2.88. The topological polar surface area (TPSA) is 39.1 Å². The summed E-state index contributed by atoms with van der Waals surface area (Å²) in [5.74, 6) is 0. The maximum atomic E-state index is 13.4. The van der Waals surface area contributed by atoms with Gasteiger partial charge in [0.15, 0.2) is 0 Å². The number of rotatable bonds is 7. The first-order valence-electron chi connectivity index (χ1n) is 6.75. The van der Waals surface area contributed by atoms with E-state index in [0.29, 0.717) is 30.9 Å². The largest absolute Gasteiger partial charge is 0.383 e. The zero-order chi connectivity index (χ0) is 15.2. The minimum atomic E-state index is -2.58. The van der Waals surface area contributed by atoms with E-state index < -0.39 is 6.43 Å². The van der Waals surface area contributed by atoms with E-state index in [0.717, 1.165) is 5.56 Å². The lowest BCUT2D eigenvalue weighted by molar-refractivity contribution is 0.141. The van der Waals surface area contributed by atoms with Crippen LogP contribution in [0.1, 0.15) is 23.2 Å². The fourth-order valence-corrected chi connectivity index (χ4v) is 2.15. The van der Waals surface area contributed by atoms with Crippen molar-refractivity contribution in [2.75, 3.05) is 20.3 Å². The summed E-state index contributed by atoms with van der Waals surface area (Å²) in [5, 5.41) is 7.20. The molecule has 0 spiro atoms. The van der Waals surface area contributed by atoms with Crippen molar-refractivity contribution in [3.63, 3.8) is 0 Å². The molecule has 0 aliphatic heterocycles. The number of hydrogen-bond donors (Lipinski definition) is 1. The molecule has 0 bridgehead atoms. The van der Waals surface area contributed by atoms with Crippen LogP contribution in [0, 0.1) is 6.92 Å². The molecule has 6 heteroatoms. The van der Waals surface area contributed by atoms with Gasteiger partial charge in [0.05, 0.1) is 18.5 Å². The average molecular weight is 295 g/mol. The van der Waals surface area contributed by atoms with Crippen LogP contribution in [0.3, 0.4) is 0 Å². The minimum Gasteiger partial charge on any atom is -0.383 e. The Morgan fingerprint density at radius 2 is 2.10 bits per heavy atom. The van der Waals surface area contributed by atoms with Crippen molar-refractivity contribution in [1.29, 1.82) is 0 Å². The summed E-state index contributed by atoms with van der Waals surface area (Å²) in [5.41, 5.74) is 2.02. The lowest BCUT2D eigenvalue weighted by Gasteiger charge is -2.11. The molecule has 0 aliphatic rings. The van der Waals surface area contributed by atoms with E-state index >= 15 is 0 Å². The summed E-state index contributed by atoms with van der Waals surface area (Å²) < 4.78 is 33.0. The molecule has 1 heterocycles. The van der Waals surface area contributed by atoms with Crippen LogP contribution in [0.5, 0.6) is 0 Å². The second-order valence-corrected chi connectivity index (χ2v) is 4.72. The molecule has 0 aliphatic carbocycles. The summed E-state index contributed by atoms with van der Waals surface area (Å²) in [6.07, 6.45) is -1.08. The fraction of sp³-hybridized carbons (Fsp3) is 0.400. The third-order valence-corrected chi connectivity index (χ3v) is 3.23. The van der Waals surface area contributed by atoms with E-state index in [1.54, 1.807) is 13.2 Å². The van der Waals surface area contributed by atoms with Crippen molar-refractivity contribution >= 4 is 0 Å². The Morgan fingerprint density at radius 3 is 2.76 bits per heavy atom. The van der Waals surface area contributed by atoms with Gasteiger partial charge in [-0.15, -0.1) is 0 Å². The lowest BCUT2D eigenvalue weighted by Crippen LogP contribution is -2.19. The lowest BCUT2D eigenvalue weighted by atomic mass is 10.2. The van der Waals surface area contributed by atoms with Gasteiger partial charge in [-0.1, -0.05) is 18.2 Å². The fourth-order valence-electron chi connectivity index (χ4n) is 2.15. The van der Waals surface area contributed by atoms with Crippen molar-refractivity contribution < 1.29 is 13.5 Å². The van der Waals surface area contributed by atoms with E-state index in [9.17, 15) is 8.78 Å². The second-order valence-electron chi connectivity index (χ2n) is 4.72. The van der Waals surface area contributed by atoms with Crippen LogP contribution in [0.15, 0.2) is 30.5 Å². The van der Waals surface area contributed by atoms with E-state index in [2.05, 4.69) is 10.4 Å². The monoisotopic (exact) mass is 295 g/mol. The van der Waals surface area contributed by atoms with Gasteiger partial charge in [-0.25, -0.2) is 13.5 Å². The van der Waals surface area contributed by atoms with Crippen LogP contribution >= 0.6 is 0 Å². The van der Waals surface area contributed by atoms with E-state index in [1.807, 2.05) is 25.1 Å². The molecule has 1 N–H and O–H groups in total. The van der Waals surface area contributed by atoms with Crippen LogP contribution in [0.4, 0.5) is 8.78 Å². The highest BCUT2D eigenvalue weighted by atomic mass is 19.3. The van der Waals surface area contributed by atoms with Gasteiger partial charge in [-0.3, -0.25) is 0 Å². The van der Waals surface area contributed by atoms with Gasteiger partial charge >= 0.3 is 0 Å². The highest BCUT2D eigenvalue weighted by Gasteiger charge is 2.21. The molecule has 114 valence electrons. The van der Waals surface area contributed by atoms with Crippen molar-refractivity contribution in [3.05, 3.63) is 47.3 Å². The van der Waals surface area contributed by atoms with Crippen molar-refractivity contribution in [2.45, 2.75) is 19.9 Å². The normalized spacial score (nSPS) is 11.3. The summed E-state index contributed by atoms with van der Waals surface area (Å²) in [7, 11) is 1.60. The number of aromatic nitrogens is 2. The molecule has 21 heavy (non-hydrogen) atoms. The highest BCUT2D eigenvalue weighted by Crippen LogP contribution is 2.26. The number of para-hydroxylation sites is 1. The Balaban J connectivity index is 2.27. The number of nitrogens with one attached hydrogen (secondary N) is 1. The molecule has 0 fully saturated rings. The molecule has 0 atom stereocenters. The van der Waals surface area contributed by atoms with Crippen LogP contribution in [0.2, 0.25) is 0 Å². The van der Waals surface area contributed by atoms with Gasteiger partial charge in [0.2, 0.25) is 0 Å². The van der Waals surface area contributed by atoms with Gasteiger partial charge in [0.25, 0.3) is 6.43 Å². The SMILES string of the molecule is COCCNCc1cnn(-c2ccccc2C)c1C(F)F. The Morgan fingerprint density at radius 1 is 1.33 bits per heavy atom. The van der Waals surface area contributed by atoms with Crippen molar-refractivity contribution in [2.24, 2.45) is 0 Å². The first kappa shape index (κ1) is 15.6. The molecule has 0 saturated carbocycles. The molecule has 2 rings (SSSR count). The highest BCUT2D eigenvalue weighted by molar-refractivity contribution is 5.42. The summed E-state index contributed by atoms with van der Waals surface area (Å²) in [6.45, 7) is 3.36. The molecule has 1 aromatic heterocycles. The van der Waals surface area contributed by atoms with Gasteiger partial charge in [-0.2, -0.15) is 5.10 Å². The maximum Gasteiger partial charge on any atom is 0.280 e. The molecule has 1 aromatic carbocycles. The smallest absolute Gasteiger partial charge is 0.280 e. The number of halogens is 2. The van der Waals surface area contributed by atoms with E-state index in [-0.39, 0.29) is 5.69 Å². The molecular formula is C15H19F2N3O. The van der Waals surface area contributed by atoms with E-state index in [1.165, 1.54) is 10.9 Å². The first-order valence-corrected chi connectivity index (χ1v) is 6.75. The number of aryl methyl sites for hydroxylation is 1. The Labute approximate surface area is 122 Å². The summed E-state index contributed by atoms with van der Waals surface area (Å²) in [6, 6.07) is 7.35. The molecule has 0 amide bonds. The number of alkyl halides is 2. The minimum absolute atomic E-state index is 0.0609. The van der Waals surface area contributed by atoms with Crippen LogP contribution in [-0.4, -0.2) is 30.0 Å². The van der Waals surface area contributed by atoms with Crippen LogP contribution in [-0.2, 0) is 11.3 Å². The second kappa shape index (κ2) is 7.28. The molecular weight excluding hydrogens is 276 g/mol. The van der Waals surface area contributed by atoms with Crippen molar-refractivity contribution in [3.8, 4) is 5.69 Å². The van der Waals surface area contributed by atoms with Gasteiger partial charge in [0, 0.05) is 25.8 Å². The number of hydrogen-bond acceptors (Lipinski definition) is 3. The zero-order valence-corrected chi connectivity index (χ0v) is 12.1. The number of ether oxygens (including phenoxy) is 1. The summed E-state index contributed by atoms with van der Waals surface area (Å²) >= 11 is 0. The quantitative estimate of drug-likeness (QED) is 0.798. The predicted octanol–water partition coefficient (Wildman–Crippen LogP) is 2.85. The number of nitrogens with zero attached hydrogens (tertiary/aromatic N) is 2. The molecule has 0 saturated heterocycles.